The molecular weight excluding hydrogens is 378 g/mol. The third-order valence-corrected chi connectivity index (χ3v) is 3.86. The summed E-state index contributed by atoms with van der Waals surface area (Å²) in [5.74, 6) is 0.403. The smallest absolute Gasteiger partial charge is 0.337 e. The Kier molecular flexibility index (Phi) is 17.5. The Hall–Kier alpha value is -2.45. The van der Waals surface area contributed by atoms with Crippen LogP contribution in [0, 0.1) is 0 Å². The van der Waals surface area contributed by atoms with Gasteiger partial charge in [0.2, 0.25) is 0 Å². The van der Waals surface area contributed by atoms with E-state index in [4.69, 9.17) is 19.7 Å². The van der Waals surface area contributed by atoms with E-state index in [1.54, 1.807) is 24.3 Å². The summed E-state index contributed by atoms with van der Waals surface area (Å²) in [5.41, 5.74) is 0.529. The molecule has 2 N–H and O–H groups in total. The molecule has 0 amide bonds. The minimum atomic E-state index is -0.347. The molecule has 0 fully saturated rings. The highest BCUT2D eigenvalue weighted by atomic mass is 16.5. The molecule has 8 nitrogen and oxygen atoms in total. The molecule has 166 valence electrons. The van der Waals surface area contributed by atoms with Crippen LogP contribution in [0.25, 0.3) is 0 Å². The van der Waals surface area contributed by atoms with Gasteiger partial charge in [0, 0.05) is 12.6 Å². The van der Waals surface area contributed by atoms with Crippen LogP contribution < -0.4 is 4.74 Å². The fourth-order valence-corrected chi connectivity index (χ4v) is 2.37. The maximum absolute atomic E-state index is 11.3. The SMILES string of the molecule is CO.COC(=O)c1ccc(OCCCCCN(CC=O)C(C)(C)C)cc1.O=CO. The van der Waals surface area contributed by atoms with Gasteiger partial charge in [-0.3, -0.25) is 9.69 Å². The lowest BCUT2D eigenvalue weighted by molar-refractivity contribution is -0.122. The van der Waals surface area contributed by atoms with Gasteiger partial charge in [-0.25, -0.2) is 4.79 Å². The number of carbonyl (C=O) groups is 3. The van der Waals surface area contributed by atoms with Crippen molar-refractivity contribution in [3.8, 4) is 5.75 Å². The van der Waals surface area contributed by atoms with Gasteiger partial charge in [-0.1, -0.05) is 0 Å². The zero-order valence-electron chi connectivity index (χ0n) is 18.1. The van der Waals surface area contributed by atoms with E-state index in [-0.39, 0.29) is 18.0 Å². The Morgan fingerprint density at radius 2 is 1.62 bits per heavy atom. The molecule has 0 saturated carbocycles. The number of methoxy groups -OCH3 is 1. The first-order valence-electron chi connectivity index (χ1n) is 9.32. The van der Waals surface area contributed by atoms with Crippen molar-refractivity contribution in [3.05, 3.63) is 29.8 Å². The standard InChI is InChI=1S/C19H29NO4.CH2O2.CH4O/c1-19(2,3)20(13-14-21)12-6-5-7-15-24-17-10-8-16(9-11-17)18(22)23-4;2-1-3;1-2/h8-11,14H,5-7,12-13,15H2,1-4H3;1H,(H,2,3);2H,1H3. The highest BCUT2D eigenvalue weighted by Gasteiger charge is 2.19. The molecule has 8 heteroatoms. The molecule has 0 radical (unpaired) electrons. The third kappa shape index (κ3) is 14.2. The van der Waals surface area contributed by atoms with Crippen molar-refractivity contribution in [2.75, 3.05) is 33.9 Å². The van der Waals surface area contributed by atoms with Gasteiger partial charge in [0.1, 0.15) is 12.0 Å². The van der Waals surface area contributed by atoms with Crippen LogP contribution in [0.4, 0.5) is 0 Å². The minimum Gasteiger partial charge on any atom is -0.494 e. The summed E-state index contributed by atoms with van der Waals surface area (Å²) in [5, 5.41) is 13.9. The highest BCUT2D eigenvalue weighted by molar-refractivity contribution is 5.89. The number of rotatable bonds is 10. The van der Waals surface area contributed by atoms with Gasteiger partial charge in [0.15, 0.2) is 0 Å². The molecule has 29 heavy (non-hydrogen) atoms. The predicted octanol–water partition coefficient (Wildman–Crippen LogP) is 2.63. The number of carboxylic acid groups (broad SMARTS) is 1. The molecular formula is C21H35NO7. The van der Waals surface area contributed by atoms with Crippen LogP contribution in [0.5, 0.6) is 5.75 Å². The lowest BCUT2D eigenvalue weighted by Crippen LogP contribution is -2.43. The normalized spacial score (nSPS) is 10.0. The number of aliphatic hydroxyl groups excluding tert-OH is 1. The summed E-state index contributed by atoms with van der Waals surface area (Å²) in [6.45, 7) is 8.15. The summed E-state index contributed by atoms with van der Waals surface area (Å²) in [4.78, 5) is 32.6. The van der Waals surface area contributed by atoms with Crippen LogP contribution in [-0.4, -0.2) is 73.3 Å². The Morgan fingerprint density at radius 1 is 1.07 bits per heavy atom. The van der Waals surface area contributed by atoms with Gasteiger partial charge in [0.05, 0.1) is 25.8 Å². The lowest BCUT2D eigenvalue weighted by atomic mass is 10.1. The molecule has 0 aliphatic heterocycles. The van der Waals surface area contributed by atoms with Gasteiger partial charge < -0.3 is 24.5 Å². The largest absolute Gasteiger partial charge is 0.494 e. The average Bonchev–Trinajstić information content (AvgIpc) is 2.71. The molecule has 0 aliphatic rings. The molecule has 1 rings (SSSR count). The molecule has 0 bridgehead atoms. The number of nitrogens with zero attached hydrogens (tertiary/aromatic N) is 1. The predicted molar refractivity (Wildman–Crippen MR) is 111 cm³/mol. The first-order chi connectivity index (χ1) is 13.8. The summed E-state index contributed by atoms with van der Waals surface area (Å²) in [7, 11) is 2.36. The molecule has 0 atom stereocenters. The van der Waals surface area contributed by atoms with Crippen molar-refractivity contribution in [1.82, 2.24) is 4.90 Å². The van der Waals surface area contributed by atoms with Gasteiger partial charge in [-0.15, -0.1) is 0 Å². The number of aldehydes is 1. The zero-order valence-corrected chi connectivity index (χ0v) is 18.1. The molecule has 1 aromatic carbocycles. The van der Waals surface area contributed by atoms with Crippen molar-refractivity contribution in [3.63, 3.8) is 0 Å². The van der Waals surface area contributed by atoms with Gasteiger partial charge >= 0.3 is 5.97 Å². The van der Waals surface area contributed by atoms with Crippen LogP contribution >= 0.6 is 0 Å². The van der Waals surface area contributed by atoms with Crippen molar-refractivity contribution in [2.45, 2.75) is 45.6 Å². The first-order valence-corrected chi connectivity index (χ1v) is 9.32. The maximum Gasteiger partial charge on any atom is 0.337 e. The van der Waals surface area contributed by atoms with Crippen LogP contribution in [0.3, 0.4) is 0 Å². The van der Waals surface area contributed by atoms with Crippen molar-refractivity contribution >= 4 is 18.7 Å². The Bertz CT molecular complexity index is 553. The quantitative estimate of drug-likeness (QED) is 0.342. The van der Waals surface area contributed by atoms with Crippen LogP contribution in [0.15, 0.2) is 24.3 Å². The second-order valence-electron chi connectivity index (χ2n) is 6.81. The van der Waals surface area contributed by atoms with E-state index in [9.17, 15) is 9.59 Å². The molecule has 0 saturated heterocycles. The van der Waals surface area contributed by atoms with Gasteiger partial charge in [-0.2, -0.15) is 0 Å². The van der Waals surface area contributed by atoms with Crippen LogP contribution in [0.2, 0.25) is 0 Å². The monoisotopic (exact) mass is 413 g/mol. The number of unbranched alkanes of at least 4 members (excludes halogenated alkanes) is 2. The first kappa shape index (κ1) is 28.8. The average molecular weight is 414 g/mol. The van der Waals surface area contributed by atoms with E-state index in [0.717, 1.165) is 45.0 Å². The van der Waals surface area contributed by atoms with E-state index < -0.39 is 0 Å². The van der Waals surface area contributed by atoms with Crippen LogP contribution in [-0.2, 0) is 14.3 Å². The lowest BCUT2D eigenvalue weighted by Gasteiger charge is -2.34. The van der Waals surface area contributed by atoms with E-state index in [1.807, 2.05) is 0 Å². The number of aliphatic hydroxyl groups is 1. The van der Waals surface area contributed by atoms with Crippen molar-refractivity contribution < 1.29 is 34.1 Å². The van der Waals surface area contributed by atoms with Gasteiger partial charge in [-0.05, 0) is 70.8 Å². The number of carbonyl (C=O) groups excluding carboxylic acids is 2. The number of hydrogen-bond donors (Lipinski definition) is 2. The molecule has 0 unspecified atom stereocenters. The number of esters is 1. The van der Waals surface area contributed by atoms with Crippen molar-refractivity contribution in [2.24, 2.45) is 0 Å². The topological polar surface area (TPSA) is 113 Å². The molecule has 0 aromatic heterocycles. The van der Waals surface area contributed by atoms with E-state index in [1.165, 1.54) is 7.11 Å². The van der Waals surface area contributed by atoms with Crippen LogP contribution in [0.1, 0.15) is 50.4 Å². The number of ether oxygens (including phenoxy) is 2. The molecule has 1 aromatic rings. The summed E-state index contributed by atoms with van der Waals surface area (Å²) < 4.78 is 10.3. The fraction of sp³-hybridized carbons (Fsp3) is 0.571. The maximum atomic E-state index is 11.3. The number of benzene rings is 1. The van der Waals surface area contributed by atoms with E-state index in [0.29, 0.717) is 18.7 Å². The minimum absolute atomic E-state index is 0.0127. The van der Waals surface area contributed by atoms with Gasteiger partial charge in [0.25, 0.3) is 6.47 Å². The Morgan fingerprint density at radius 3 is 2.07 bits per heavy atom. The summed E-state index contributed by atoms with van der Waals surface area (Å²) >= 11 is 0. The highest BCUT2D eigenvalue weighted by Crippen LogP contribution is 2.15. The fourth-order valence-electron chi connectivity index (χ4n) is 2.37. The molecule has 0 spiro atoms. The summed E-state index contributed by atoms with van der Waals surface area (Å²) in [6.07, 6.45) is 4.01. The zero-order chi connectivity index (χ0) is 22.7. The Labute approximate surface area is 173 Å². The molecule has 0 aliphatic carbocycles. The van der Waals surface area contributed by atoms with Crippen molar-refractivity contribution in [1.29, 1.82) is 0 Å². The second kappa shape index (κ2) is 17.6. The number of hydrogen-bond acceptors (Lipinski definition) is 7. The summed E-state index contributed by atoms with van der Waals surface area (Å²) in [6, 6.07) is 6.94. The third-order valence-electron chi connectivity index (χ3n) is 3.86. The van der Waals surface area contributed by atoms with E-state index in [2.05, 4.69) is 30.4 Å². The molecule has 0 heterocycles. The second-order valence-corrected chi connectivity index (χ2v) is 6.81. The Balaban J connectivity index is 0. The van der Waals surface area contributed by atoms with E-state index >= 15 is 0 Å².